The van der Waals surface area contributed by atoms with Crippen molar-refractivity contribution in [3.8, 4) is 0 Å². The number of hydrogen-bond acceptors (Lipinski definition) is 3. The van der Waals surface area contributed by atoms with Crippen LogP contribution in [0.2, 0.25) is 0 Å². The SMILES string of the molecule is CC(C)O.CC(C)O.CC(C)O.FC(F)(F)[SiH]([c-]1cccc1)C(F)(F)F.[Zr]. The average molecular weight is 503 g/mol. The molecule has 0 amide bonds. The summed E-state index contributed by atoms with van der Waals surface area (Å²) in [6.45, 7) is 10.3. The van der Waals surface area contributed by atoms with Gasteiger partial charge in [0.1, 0.15) is 0 Å². The first-order valence-corrected chi connectivity index (χ1v) is 9.55. The van der Waals surface area contributed by atoms with Gasteiger partial charge in [0.05, 0.1) is 0 Å². The van der Waals surface area contributed by atoms with Gasteiger partial charge in [-0.25, -0.2) is 12.1 Å². The van der Waals surface area contributed by atoms with E-state index in [1.54, 1.807) is 41.5 Å². The normalized spacial score (nSPS) is 11.1. The average Bonchev–Trinajstić information content (AvgIpc) is 2.74. The second-order valence-electron chi connectivity index (χ2n) is 6.02. The molecule has 0 spiro atoms. The van der Waals surface area contributed by atoms with Crippen molar-refractivity contribution in [3.05, 3.63) is 24.3 Å². The van der Waals surface area contributed by atoms with Crippen LogP contribution in [0.4, 0.5) is 26.3 Å². The van der Waals surface area contributed by atoms with Gasteiger partial charge < -0.3 is 15.3 Å². The molecule has 1 aromatic carbocycles. The molecule has 162 valence electrons. The molecule has 0 aliphatic carbocycles. The van der Waals surface area contributed by atoms with E-state index in [1.807, 2.05) is 0 Å². The first kappa shape index (κ1) is 34.4. The van der Waals surface area contributed by atoms with Crippen molar-refractivity contribution in [3.63, 3.8) is 0 Å². The summed E-state index contributed by atoms with van der Waals surface area (Å²) < 4.78 is 72.7. The zero-order chi connectivity index (χ0) is 21.7. The fraction of sp³-hybridized carbons (Fsp3) is 0.688. The van der Waals surface area contributed by atoms with Crippen LogP contribution in [0.25, 0.3) is 0 Å². The van der Waals surface area contributed by atoms with Gasteiger partial charge in [0.2, 0.25) is 0 Å². The molecular formula is C16H29F6O3SiZr-. The van der Waals surface area contributed by atoms with E-state index in [1.165, 1.54) is 12.1 Å². The Bertz CT molecular complexity index is 384. The summed E-state index contributed by atoms with van der Waals surface area (Å²) in [5.41, 5.74) is 0. The van der Waals surface area contributed by atoms with Crippen LogP contribution in [0.15, 0.2) is 24.3 Å². The Hall–Kier alpha value is -0.0900. The van der Waals surface area contributed by atoms with E-state index in [0.29, 0.717) is 0 Å². The van der Waals surface area contributed by atoms with Crippen molar-refractivity contribution in [2.24, 2.45) is 0 Å². The maximum Gasteiger partial charge on any atom is 0.361 e. The van der Waals surface area contributed by atoms with Gasteiger partial charge in [-0.15, -0.1) is 5.19 Å². The number of alkyl halides is 6. The minimum Gasteiger partial charge on any atom is -0.394 e. The molecule has 0 saturated carbocycles. The van der Waals surface area contributed by atoms with Gasteiger partial charge in [-0.3, -0.25) is 0 Å². The van der Waals surface area contributed by atoms with Crippen LogP contribution in [-0.2, 0) is 26.2 Å². The molecule has 0 radical (unpaired) electrons. The third-order valence-corrected chi connectivity index (χ3v) is 4.04. The molecule has 0 saturated heterocycles. The molecule has 3 nitrogen and oxygen atoms in total. The Morgan fingerprint density at radius 3 is 1.00 bits per heavy atom. The Labute approximate surface area is 177 Å². The number of rotatable bonds is 1. The van der Waals surface area contributed by atoms with E-state index in [-0.39, 0.29) is 44.5 Å². The Kier molecular flexibility index (Phi) is 21.5. The zero-order valence-corrected chi connectivity index (χ0v) is 19.8. The van der Waals surface area contributed by atoms with Gasteiger partial charge in [-0.05, 0) is 41.5 Å². The van der Waals surface area contributed by atoms with Gasteiger partial charge in [0.25, 0.3) is 8.80 Å². The van der Waals surface area contributed by atoms with Crippen molar-refractivity contribution in [1.29, 1.82) is 0 Å². The quantitative estimate of drug-likeness (QED) is 0.314. The predicted octanol–water partition coefficient (Wildman–Crippen LogP) is 3.20. The molecule has 1 aromatic rings. The number of halogens is 6. The molecular weight excluding hydrogens is 473 g/mol. The second-order valence-corrected chi connectivity index (χ2v) is 8.86. The van der Waals surface area contributed by atoms with Gasteiger partial charge >= 0.3 is 11.6 Å². The first-order valence-electron chi connectivity index (χ1n) is 7.82. The van der Waals surface area contributed by atoms with E-state index in [0.717, 1.165) is 12.1 Å². The summed E-state index contributed by atoms with van der Waals surface area (Å²) in [6.07, 6.45) is -0.500. The van der Waals surface area contributed by atoms with Gasteiger partial charge in [0.15, 0.2) is 0 Å². The monoisotopic (exact) mass is 501 g/mol. The largest absolute Gasteiger partial charge is 0.394 e. The molecule has 11 heteroatoms. The third-order valence-electron chi connectivity index (χ3n) is 1.68. The summed E-state index contributed by atoms with van der Waals surface area (Å²) in [4.78, 5) is 0. The van der Waals surface area contributed by atoms with Crippen molar-refractivity contribution < 1.29 is 67.9 Å². The summed E-state index contributed by atoms with van der Waals surface area (Å²) >= 11 is 0. The van der Waals surface area contributed by atoms with Crippen LogP contribution in [-0.4, -0.2) is 54.0 Å². The van der Waals surface area contributed by atoms with Crippen LogP contribution >= 0.6 is 0 Å². The van der Waals surface area contributed by atoms with Crippen molar-refractivity contribution in [2.45, 2.75) is 71.5 Å². The maximum absolute atomic E-state index is 12.1. The van der Waals surface area contributed by atoms with E-state index < -0.39 is 25.6 Å². The van der Waals surface area contributed by atoms with Crippen LogP contribution in [0.5, 0.6) is 0 Å². The minimum atomic E-state index is -5.16. The van der Waals surface area contributed by atoms with E-state index >= 15 is 0 Å². The zero-order valence-electron chi connectivity index (χ0n) is 16.2. The Morgan fingerprint density at radius 2 is 0.852 bits per heavy atom. The van der Waals surface area contributed by atoms with E-state index in [4.69, 9.17) is 15.3 Å². The van der Waals surface area contributed by atoms with Crippen LogP contribution < -0.4 is 5.19 Å². The molecule has 27 heavy (non-hydrogen) atoms. The Balaban J connectivity index is -0.000000169. The van der Waals surface area contributed by atoms with Gasteiger partial charge in [-0.1, -0.05) is 0 Å². The van der Waals surface area contributed by atoms with Crippen LogP contribution in [0.3, 0.4) is 0 Å². The number of hydrogen-bond donors (Lipinski definition) is 3. The first-order chi connectivity index (χ1) is 11.4. The van der Waals surface area contributed by atoms with E-state index in [9.17, 15) is 26.3 Å². The fourth-order valence-electron chi connectivity index (χ4n) is 1.14. The van der Waals surface area contributed by atoms with Crippen LogP contribution in [0, 0.1) is 0 Å². The summed E-state index contributed by atoms with van der Waals surface area (Å²) in [7, 11) is -4.92. The maximum atomic E-state index is 12.1. The molecule has 1 rings (SSSR count). The number of aliphatic hydroxyl groups is 3. The fourth-order valence-corrected chi connectivity index (χ4v) is 2.88. The second kappa shape index (κ2) is 16.8. The van der Waals surface area contributed by atoms with Crippen molar-refractivity contribution in [1.82, 2.24) is 0 Å². The topological polar surface area (TPSA) is 60.7 Å². The predicted molar refractivity (Wildman–Crippen MR) is 93.0 cm³/mol. The molecule has 0 heterocycles. The molecule has 0 unspecified atom stereocenters. The molecule has 0 aliphatic heterocycles. The van der Waals surface area contributed by atoms with Gasteiger partial charge in [0, 0.05) is 44.5 Å². The van der Waals surface area contributed by atoms with Gasteiger partial charge in [-0.2, -0.15) is 38.5 Å². The smallest absolute Gasteiger partial charge is 0.361 e. The summed E-state index contributed by atoms with van der Waals surface area (Å²) in [5, 5.41) is 23.5. The molecule has 0 bridgehead atoms. The molecule has 0 atom stereocenters. The Morgan fingerprint density at radius 1 is 0.667 bits per heavy atom. The van der Waals surface area contributed by atoms with E-state index in [2.05, 4.69) is 0 Å². The van der Waals surface area contributed by atoms with Crippen molar-refractivity contribution >= 4 is 14.0 Å². The molecule has 0 aromatic heterocycles. The minimum absolute atomic E-state index is 0. The molecule has 3 N–H and O–H groups in total. The number of aliphatic hydroxyl groups excluding tert-OH is 3. The van der Waals surface area contributed by atoms with Crippen molar-refractivity contribution in [2.75, 3.05) is 0 Å². The summed E-state index contributed by atoms with van der Waals surface area (Å²) in [5.74, 6) is -10.3. The molecule has 0 fully saturated rings. The standard InChI is InChI=1S/C7H5F6Si.3C3H8O.Zr/c8-6(9,10)14(7(11,12)13)5-3-1-2-4-5;3*1-3(2)4;/h1-4,14H;3*3-4H,1-2H3;/q-1;;;;. The molecule has 0 aliphatic rings. The van der Waals surface area contributed by atoms with Crippen LogP contribution in [0.1, 0.15) is 41.5 Å². The third kappa shape index (κ3) is 28.2. The summed E-state index contributed by atoms with van der Waals surface area (Å²) in [6, 6.07) is 4.09.